The minimum atomic E-state index is -1.20. The van der Waals surface area contributed by atoms with Crippen LogP contribution in [0.3, 0.4) is 0 Å². The zero-order chi connectivity index (χ0) is 18.8. The van der Waals surface area contributed by atoms with E-state index in [4.69, 9.17) is 5.11 Å². The molecule has 7 heteroatoms. The Balaban J connectivity index is 1.76. The van der Waals surface area contributed by atoms with Crippen molar-refractivity contribution in [1.82, 2.24) is 4.90 Å². The summed E-state index contributed by atoms with van der Waals surface area (Å²) in [6, 6.07) is 8.85. The van der Waals surface area contributed by atoms with E-state index < -0.39 is 47.7 Å². The summed E-state index contributed by atoms with van der Waals surface area (Å²) in [5.74, 6) is -4.82. The van der Waals surface area contributed by atoms with E-state index in [2.05, 4.69) is 0 Å². The van der Waals surface area contributed by atoms with E-state index in [9.17, 15) is 22.8 Å². The Bertz CT molecular complexity index is 818. The van der Waals surface area contributed by atoms with Gasteiger partial charge in [0.15, 0.2) is 0 Å². The van der Waals surface area contributed by atoms with Gasteiger partial charge in [-0.3, -0.25) is 9.59 Å². The van der Waals surface area contributed by atoms with Crippen molar-refractivity contribution in [2.75, 3.05) is 6.54 Å². The van der Waals surface area contributed by atoms with Crippen molar-refractivity contribution in [1.29, 1.82) is 0 Å². The maximum absolute atomic E-state index is 13.9. The van der Waals surface area contributed by atoms with Crippen molar-refractivity contribution < 1.29 is 27.9 Å². The summed E-state index contributed by atoms with van der Waals surface area (Å²) in [4.78, 5) is 24.9. The second kappa shape index (κ2) is 7.19. The molecular formula is C19H16F3NO3. The number of carboxylic acids is 1. The van der Waals surface area contributed by atoms with E-state index in [-0.39, 0.29) is 18.5 Å². The van der Waals surface area contributed by atoms with Crippen molar-refractivity contribution in [3.8, 4) is 0 Å². The average Bonchev–Trinajstić information content (AvgIpc) is 3.35. The molecule has 4 nitrogen and oxygen atoms in total. The Labute approximate surface area is 147 Å². The normalized spacial score (nSPS) is 18.4. The molecule has 0 heterocycles. The molecule has 1 amide bonds. The third-order valence-corrected chi connectivity index (χ3v) is 4.40. The molecule has 0 aromatic heterocycles. The zero-order valence-corrected chi connectivity index (χ0v) is 13.7. The number of nitrogens with zero attached hydrogens (tertiary/aromatic N) is 1. The van der Waals surface area contributed by atoms with Gasteiger partial charge in [-0.15, -0.1) is 0 Å². The molecule has 26 heavy (non-hydrogen) atoms. The fraction of sp³-hybridized carbons (Fsp3) is 0.263. The highest BCUT2D eigenvalue weighted by atomic mass is 19.1. The molecule has 0 bridgehead atoms. The smallest absolute Gasteiger partial charge is 0.323 e. The lowest BCUT2D eigenvalue weighted by atomic mass is 10.1. The molecule has 1 saturated carbocycles. The Morgan fingerprint density at radius 2 is 1.65 bits per heavy atom. The lowest BCUT2D eigenvalue weighted by Gasteiger charge is -2.21. The highest BCUT2D eigenvalue weighted by Gasteiger charge is 2.48. The van der Waals surface area contributed by atoms with Gasteiger partial charge < -0.3 is 10.0 Å². The standard InChI is InChI=1S/C19H16F3NO3/c20-12-6-4-11(5-7-12)9-23(10-17(24)25)19(26)14-8-13(14)18-15(21)2-1-3-16(18)22/h1-7,13-14H,8-10H2,(H,24,25). The van der Waals surface area contributed by atoms with E-state index in [0.717, 1.165) is 17.0 Å². The van der Waals surface area contributed by atoms with Crippen molar-refractivity contribution >= 4 is 11.9 Å². The molecule has 0 aliphatic heterocycles. The Hall–Kier alpha value is -2.83. The molecule has 136 valence electrons. The summed E-state index contributed by atoms with van der Waals surface area (Å²) in [6.45, 7) is -0.562. The first kappa shape index (κ1) is 18.0. The first-order chi connectivity index (χ1) is 12.4. The number of hydrogen-bond acceptors (Lipinski definition) is 2. The predicted molar refractivity (Wildman–Crippen MR) is 86.7 cm³/mol. The number of carbonyl (C=O) groups is 2. The van der Waals surface area contributed by atoms with Crippen LogP contribution < -0.4 is 0 Å². The van der Waals surface area contributed by atoms with Crippen LogP contribution in [0.15, 0.2) is 42.5 Å². The molecule has 2 aromatic rings. The van der Waals surface area contributed by atoms with Crippen LogP contribution in [0.25, 0.3) is 0 Å². The minimum absolute atomic E-state index is 0.0195. The number of amides is 1. The van der Waals surface area contributed by atoms with Gasteiger partial charge in [-0.1, -0.05) is 18.2 Å². The average molecular weight is 363 g/mol. The summed E-state index contributed by atoms with van der Waals surface area (Å²) in [5, 5.41) is 9.05. The number of carbonyl (C=O) groups excluding carboxylic acids is 1. The molecule has 3 rings (SSSR count). The van der Waals surface area contributed by atoms with Gasteiger partial charge in [-0.25, -0.2) is 13.2 Å². The van der Waals surface area contributed by atoms with Crippen LogP contribution in [0, 0.1) is 23.4 Å². The number of halogens is 3. The number of benzene rings is 2. The number of hydrogen-bond donors (Lipinski definition) is 1. The fourth-order valence-corrected chi connectivity index (χ4v) is 3.07. The topological polar surface area (TPSA) is 57.6 Å². The zero-order valence-electron chi connectivity index (χ0n) is 13.7. The Morgan fingerprint density at radius 3 is 2.23 bits per heavy atom. The van der Waals surface area contributed by atoms with Crippen LogP contribution in [0.1, 0.15) is 23.5 Å². The number of rotatable bonds is 6. The van der Waals surface area contributed by atoms with E-state index >= 15 is 0 Å². The number of aliphatic carboxylic acids is 1. The van der Waals surface area contributed by atoms with Crippen molar-refractivity contribution in [3.63, 3.8) is 0 Å². The lowest BCUT2D eigenvalue weighted by molar-refractivity contribution is -0.145. The molecule has 2 unspecified atom stereocenters. The van der Waals surface area contributed by atoms with E-state index in [0.29, 0.717) is 5.56 Å². The quantitative estimate of drug-likeness (QED) is 0.857. The van der Waals surface area contributed by atoms with Gasteiger partial charge in [0, 0.05) is 23.9 Å². The van der Waals surface area contributed by atoms with Gasteiger partial charge in [0.2, 0.25) is 5.91 Å². The maximum atomic E-state index is 13.9. The summed E-state index contributed by atoms with van der Waals surface area (Å²) in [5.41, 5.74) is 0.429. The van der Waals surface area contributed by atoms with Crippen molar-refractivity contribution in [3.05, 3.63) is 71.0 Å². The molecule has 0 radical (unpaired) electrons. The summed E-state index contributed by atoms with van der Waals surface area (Å²) in [7, 11) is 0. The van der Waals surface area contributed by atoms with E-state index in [1.807, 2.05) is 0 Å². The second-order valence-corrected chi connectivity index (χ2v) is 6.30. The first-order valence-corrected chi connectivity index (χ1v) is 8.05. The second-order valence-electron chi connectivity index (χ2n) is 6.30. The first-order valence-electron chi connectivity index (χ1n) is 8.05. The molecule has 0 saturated heterocycles. The van der Waals surface area contributed by atoms with Crippen molar-refractivity contribution in [2.24, 2.45) is 5.92 Å². The molecule has 2 atom stereocenters. The van der Waals surface area contributed by atoms with Crippen LogP contribution in [-0.4, -0.2) is 28.4 Å². The summed E-state index contributed by atoms with van der Waals surface area (Å²) >= 11 is 0. The Kier molecular flexibility index (Phi) is 4.97. The largest absolute Gasteiger partial charge is 0.480 e. The van der Waals surface area contributed by atoms with Gasteiger partial charge >= 0.3 is 5.97 Å². The maximum Gasteiger partial charge on any atom is 0.323 e. The summed E-state index contributed by atoms with van der Waals surface area (Å²) in [6.07, 6.45) is 0.260. The van der Waals surface area contributed by atoms with Crippen LogP contribution in [0.4, 0.5) is 13.2 Å². The van der Waals surface area contributed by atoms with Crippen molar-refractivity contribution in [2.45, 2.75) is 18.9 Å². The highest BCUT2D eigenvalue weighted by molar-refractivity contribution is 5.86. The third kappa shape index (κ3) is 3.87. The van der Waals surface area contributed by atoms with Gasteiger partial charge in [-0.2, -0.15) is 0 Å². The van der Waals surface area contributed by atoms with E-state index in [1.165, 1.54) is 30.3 Å². The monoisotopic (exact) mass is 363 g/mol. The molecule has 0 spiro atoms. The third-order valence-electron chi connectivity index (χ3n) is 4.40. The molecule has 1 N–H and O–H groups in total. The molecular weight excluding hydrogens is 347 g/mol. The molecule has 1 aliphatic carbocycles. The number of carboxylic acid groups (broad SMARTS) is 1. The van der Waals surface area contributed by atoms with Crippen LogP contribution in [-0.2, 0) is 16.1 Å². The fourth-order valence-electron chi connectivity index (χ4n) is 3.07. The van der Waals surface area contributed by atoms with Crippen LogP contribution in [0.2, 0.25) is 0 Å². The van der Waals surface area contributed by atoms with Gasteiger partial charge in [-0.05, 0) is 36.2 Å². The molecule has 2 aromatic carbocycles. The highest BCUT2D eigenvalue weighted by Crippen LogP contribution is 2.50. The molecule has 1 aliphatic rings. The summed E-state index contributed by atoms with van der Waals surface area (Å²) < 4.78 is 40.8. The van der Waals surface area contributed by atoms with E-state index in [1.54, 1.807) is 0 Å². The molecule has 1 fully saturated rings. The predicted octanol–water partition coefficient (Wildman–Crippen LogP) is 3.32. The lowest BCUT2D eigenvalue weighted by Crippen LogP contribution is -2.36. The van der Waals surface area contributed by atoms with Gasteiger partial charge in [0.05, 0.1) is 0 Å². The Morgan fingerprint density at radius 1 is 1.04 bits per heavy atom. The van der Waals surface area contributed by atoms with Gasteiger partial charge in [0.1, 0.15) is 24.0 Å². The SMILES string of the molecule is O=C(O)CN(Cc1ccc(F)cc1)C(=O)C1CC1c1c(F)cccc1F. The van der Waals surface area contributed by atoms with Crippen LogP contribution in [0.5, 0.6) is 0 Å². The van der Waals surface area contributed by atoms with Crippen LogP contribution >= 0.6 is 0 Å². The minimum Gasteiger partial charge on any atom is -0.480 e. The van der Waals surface area contributed by atoms with Gasteiger partial charge in [0.25, 0.3) is 0 Å².